The summed E-state index contributed by atoms with van der Waals surface area (Å²) in [5.74, 6) is -54.0. The molecular weight excluding hydrogens is 561 g/mol. The summed E-state index contributed by atoms with van der Waals surface area (Å²) in [4.78, 5) is 11.0. The Labute approximate surface area is 179 Å². The Morgan fingerprint density at radius 2 is 0.857 bits per heavy atom. The molecule has 0 aliphatic carbocycles. The standard InChI is InChI=1S/C14H7F19O2/c1-3-35-5(34)4(2)6(15,16)8(18,19)10(22,23)12(26,27)11(24,25)9(20,21)7(17,13(28,29)30)14(31,32)33/h2-3H2,1H3. The van der Waals surface area contributed by atoms with Crippen LogP contribution in [0, 0.1) is 0 Å². The van der Waals surface area contributed by atoms with Crippen LogP contribution in [-0.4, -0.2) is 66.1 Å². The Bertz CT molecular complexity index is 804. The van der Waals surface area contributed by atoms with Gasteiger partial charge in [-0.1, -0.05) is 6.58 Å². The van der Waals surface area contributed by atoms with Crippen LogP contribution >= 0.6 is 0 Å². The van der Waals surface area contributed by atoms with Crippen molar-refractivity contribution in [3.05, 3.63) is 12.2 Å². The summed E-state index contributed by atoms with van der Waals surface area (Å²) in [6.07, 6.45) is -16.7. The predicted octanol–water partition coefficient (Wildman–Crippen LogP) is 6.75. The Hall–Kier alpha value is -2.12. The molecule has 0 unspecified atom stereocenters. The van der Waals surface area contributed by atoms with E-state index in [0.29, 0.717) is 0 Å². The van der Waals surface area contributed by atoms with Crippen molar-refractivity contribution in [1.82, 2.24) is 0 Å². The average molecular weight is 568 g/mol. The van der Waals surface area contributed by atoms with E-state index in [1.165, 1.54) is 0 Å². The molecule has 0 rings (SSSR count). The molecule has 0 heterocycles. The highest BCUT2D eigenvalue weighted by Gasteiger charge is 2.98. The summed E-state index contributed by atoms with van der Waals surface area (Å²) in [7, 11) is 0. The van der Waals surface area contributed by atoms with E-state index in [1.807, 2.05) is 0 Å². The molecule has 208 valence electrons. The van der Waals surface area contributed by atoms with Crippen LogP contribution in [0.25, 0.3) is 0 Å². The second kappa shape index (κ2) is 8.48. The van der Waals surface area contributed by atoms with Gasteiger partial charge in [0.2, 0.25) is 0 Å². The normalized spacial score (nSPS) is 15.8. The lowest BCUT2D eigenvalue weighted by Gasteiger charge is -2.45. The van der Waals surface area contributed by atoms with Crippen molar-refractivity contribution in [2.75, 3.05) is 6.61 Å². The molecule has 35 heavy (non-hydrogen) atoms. The third-order valence-corrected chi connectivity index (χ3v) is 4.09. The van der Waals surface area contributed by atoms with E-state index in [4.69, 9.17) is 0 Å². The van der Waals surface area contributed by atoms with Crippen LogP contribution in [0.1, 0.15) is 6.92 Å². The Balaban J connectivity index is 7.13. The fourth-order valence-electron chi connectivity index (χ4n) is 2.06. The molecule has 0 aliphatic heterocycles. The molecule has 0 saturated carbocycles. The summed E-state index contributed by atoms with van der Waals surface area (Å²) >= 11 is 0. The Morgan fingerprint density at radius 1 is 0.571 bits per heavy atom. The van der Waals surface area contributed by atoms with Crippen molar-refractivity contribution < 1.29 is 92.9 Å². The summed E-state index contributed by atoms with van der Waals surface area (Å²) in [5, 5.41) is 0. The third kappa shape index (κ3) is 4.14. The lowest BCUT2D eigenvalue weighted by Crippen LogP contribution is -2.77. The van der Waals surface area contributed by atoms with Crippen LogP contribution in [0.3, 0.4) is 0 Å². The molecule has 0 N–H and O–H groups in total. The minimum absolute atomic E-state index is 0.747. The number of alkyl halides is 19. The van der Waals surface area contributed by atoms with Gasteiger partial charge in [-0.3, -0.25) is 0 Å². The summed E-state index contributed by atoms with van der Waals surface area (Å²) in [6, 6.07) is 0. The lowest BCUT2D eigenvalue weighted by molar-refractivity contribution is -0.471. The van der Waals surface area contributed by atoms with Gasteiger partial charge < -0.3 is 4.74 Å². The van der Waals surface area contributed by atoms with Gasteiger partial charge in [0, 0.05) is 0 Å². The molecule has 0 bridgehead atoms. The van der Waals surface area contributed by atoms with Gasteiger partial charge >= 0.3 is 59.5 Å². The van der Waals surface area contributed by atoms with Crippen LogP contribution in [0.2, 0.25) is 0 Å². The number of ether oxygens (including phenoxy) is 1. The van der Waals surface area contributed by atoms with Crippen LogP contribution < -0.4 is 0 Å². The largest absolute Gasteiger partial charge is 0.462 e. The Kier molecular flexibility index (Phi) is 7.96. The third-order valence-electron chi connectivity index (χ3n) is 4.09. The van der Waals surface area contributed by atoms with Crippen molar-refractivity contribution in [3.63, 3.8) is 0 Å². The van der Waals surface area contributed by atoms with Crippen molar-refractivity contribution >= 4 is 5.97 Å². The second-order valence-electron chi connectivity index (χ2n) is 6.30. The quantitative estimate of drug-likeness (QED) is 0.175. The molecule has 2 nitrogen and oxygen atoms in total. The number of hydrogen-bond donors (Lipinski definition) is 0. The first kappa shape index (κ1) is 32.9. The monoisotopic (exact) mass is 568 g/mol. The molecule has 0 aliphatic rings. The van der Waals surface area contributed by atoms with Crippen molar-refractivity contribution in [3.8, 4) is 0 Å². The maximum atomic E-state index is 13.7. The average Bonchev–Trinajstić information content (AvgIpc) is 2.63. The summed E-state index contributed by atoms with van der Waals surface area (Å²) < 4.78 is 254. The molecule has 0 aromatic carbocycles. The number of esters is 1. The molecule has 0 saturated heterocycles. The summed E-state index contributed by atoms with van der Waals surface area (Å²) in [5.41, 5.74) is -12.0. The molecule has 0 spiro atoms. The van der Waals surface area contributed by atoms with E-state index in [-0.39, 0.29) is 0 Å². The molecule has 0 aromatic heterocycles. The first-order valence-corrected chi connectivity index (χ1v) is 7.85. The molecule has 0 atom stereocenters. The van der Waals surface area contributed by atoms with Crippen molar-refractivity contribution in [2.24, 2.45) is 0 Å². The first-order chi connectivity index (χ1) is 14.9. The van der Waals surface area contributed by atoms with E-state index < -0.39 is 71.7 Å². The molecule has 0 aromatic rings. The van der Waals surface area contributed by atoms with Gasteiger partial charge in [0.15, 0.2) is 0 Å². The summed E-state index contributed by atoms with van der Waals surface area (Å²) in [6.45, 7) is 1.47. The molecule has 0 amide bonds. The van der Waals surface area contributed by atoms with Gasteiger partial charge in [0.25, 0.3) is 0 Å². The highest BCUT2D eigenvalue weighted by Crippen LogP contribution is 2.66. The van der Waals surface area contributed by atoms with Gasteiger partial charge in [-0.25, -0.2) is 9.18 Å². The number of halogens is 19. The number of rotatable bonds is 9. The molecule has 0 fully saturated rings. The smallest absolute Gasteiger partial charge is 0.438 e. The molecular formula is C14H7F19O2. The number of carbonyl (C=O) groups is 1. The lowest BCUT2D eigenvalue weighted by atomic mass is 9.83. The van der Waals surface area contributed by atoms with E-state index in [0.717, 1.165) is 6.92 Å². The van der Waals surface area contributed by atoms with Gasteiger partial charge in [0.05, 0.1) is 6.61 Å². The van der Waals surface area contributed by atoms with E-state index in [2.05, 4.69) is 4.74 Å². The van der Waals surface area contributed by atoms with Gasteiger partial charge in [-0.15, -0.1) is 0 Å². The SMILES string of the molecule is C=C(C(=O)OCC)C(F)(F)C(F)(F)C(F)(F)C(F)(F)C(F)(F)C(F)(F)C(F)(C(F)(F)F)C(F)(F)F. The maximum absolute atomic E-state index is 13.7. The van der Waals surface area contributed by atoms with Gasteiger partial charge in [-0.2, -0.15) is 79.0 Å². The highest BCUT2D eigenvalue weighted by atomic mass is 19.4. The zero-order chi connectivity index (χ0) is 29.1. The van der Waals surface area contributed by atoms with E-state index in [1.54, 1.807) is 6.58 Å². The highest BCUT2D eigenvalue weighted by molar-refractivity contribution is 5.89. The second-order valence-corrected chi connectivity index (χ2v) is 6.30. The maximum Gasteiger partial charge on any atom is 0.438 e. The topological polar surface area (TPSA) is 26.3 Å². The van der Waals surface area contributed by atoms with Gasteiger partial charge in [-0.05, 0) is 6.92 Å². The minimum atomic E-state index is -9.12. The zero-order valence-electron chi connectivity index (χ0n) is 15.9. The fourth-order valence-corrected chi connectivity index (χ4v) is 2.06. The first-order valence-electron chi connectivity index (χ1n) is 7.85. The number of carbonyl (C=O) groups excluding carboxylic acids is 1. The molecule has 0 radical (unpaired) electrons. The Morgan fingerprint density at radius 3 is 1.14 bits per heavy atom. The number of hydrogen-bond acceptors (Lipinski definition) is 2. The van der Waals surface area contributed by atoms with Crippen LogP contribution in [-0.2, 0) is 9.53 Å². The predicted molar refractivity (Wildman–Crippen MR) is 71.4 cm³/mol. The molecule has 21 heteroatoms. The van der Waals surface area contributed by atoms with Crippen molar-refractivity contribution in [1.29, 1.82) is 0 Å². The van der Waals surface area contributed by atoms with Crippen LogP contribution in [0.5, 0.6) is 0 Å². The van der Waals surface area contributed by atoms with Crippen LogP contribution in [0.15, 0.2) is 12.2 Å². The van der Waals surface area contributed by atoms with E-state index in [9.17, 15) is 88.2 Å². The van der Waals surface area contributed by atoms with Crippen molar-refractivity contribution in [2.45, 2.75) is 60.5 Å². The zero-order valence-corrected chi connectivity index (χ0v) is 15.9. The van der Waals surface area contributed by atoms with Crippen LogP contribution in [0.4, 0.5) is 83.4 Å². The van der Waals surface area contributed by atoms with E-state index >= 15 is 0 Å². The fraction of sp³-hybridized carbons (Fsp3) is 0.786. The van der Waals surface area contributed by atoms with Gasteiger partial charge in [0.1, 0.15) is 5.57 Å². The minimum Gasteiger partial charge on any atom is -0.462 e.